The van der Waals surface area contributed by atoms with E-state index in [1.54, 1.807) is 4.90 Å². The molecule has 2 N–H and O–H groups in total. The van der Waals surface area contributed by atoms with Crippen molar-refractivity contribution in [1.29, 1.82) is 0 Å². The van der Waals surface area contributed by atoms with Crippen molar-refractivity contribution in [1.82, 2.24) is 5.32 Å². The number of hydrogen-bond donors (Lipinski definition) is 2. The second-order valence-electron chi connectivity index (χ2n) is 6.64. The maximum atomic E-state index is 12.2. The number of nitrogens with one attached hydrogen (secondary N) is 2. The van der Waals surface area contributed by atoms with Gasteiger partial charge in [0.1, 0.15) is 0 Å². The normalized spacial score (nSPS) is 16.8. The summed E-state index contributed by atoms with van der Waals surface area (Å²) in [6, 6.07) is 13.1. The van der Waals surface area contributed by atoms with Gasteiger partial charge in [-0.05, 0) is 56.2 Å². The van der Waals surface area contributed by atoms with E-state index in [0.717, 1.165) is 22.5 Å². The number of rotatable bonds is 3. The summed E-state index contributed by atoms with van der Waals surface area (Å²) in [7, 11) is 0. The molecule has 130 valence electrons. The van der Waals surface area contributed by atoms with Gasteiger partial charge in [0.05, 0.1) is 6.04 Å². The molecule has 0 radical (unpaired) electrons. The largest absolute Gasteiger partial charge is 0.333 e. The highest BCUT2D eigenvalue weighted by Crippen LogP contribution is 2.22. The Morgan fingerprint density at radius 2 is 1.76 bits per heavy atom. The van der Waals surface area contributed by atoms with Crippen LogP contribution in [-0.4, -0.2) is 24.5 Å². The number of hydrogen-bond acceptors (Lipinski definition) is 2. The van der Waals surface area contributed by atoms with Crippen LogP contribution in [0.1, 0.15) is 23.1 Å². The fraction of sp³-hybridized carbons (Fsp3) is 0.300. The van der Waals surface area contributed by atoms with Gasteiger partial charge in [0.2, 0.25) is 5.91 Å². The molecule has 3 rings (SSSR count). The number of nitrogens with zero attached hydrogens (tertiary/aromatic N) is 1. The standard InChI is InChI=1S/C20H23N3O2/c1-13-4-8-18(9-5-13)23-12-17(11-19(23)24)22-20(25)21-16-7-6-14(2)15(3)10-16/h4-10,17H,11-12H2,1-3H3,(H2,21,22,25)/t17-/m1/s1. The van der Waals surface area contributed by atoms with Crippen LogP contribution in [0.25, 0.3) is 0 Å². The Labute approximate surface area is 148 Å². The van der Waals surface area contributed by atoms with Crippen molar-refractivity contribution in [3.8, 4) is 0 Å². The Bertz CT molecular complexity index is 799. The quantitative estimate of drug-likeness (QED) is 0.900. The topological polar surface area (TPSA) is 61.4 Å². The van der Waals surface area contributed by atoms with E-state index >= 15 is 0 Å². The molecule has 1 aliphatic heterocycles. The molecule has 3 amide bonds. The molecule has 0 aromatic heterocycles. The SMILES string of the molecule is Cc1ccc(N2C[C@H](NC(=O)Nc3ccc(C)c(C)c3)CC2=O)cc1. The summed E-state index contributed by atoms with van der Waals surface area (Å²) in [5.41, 5.74) is 5.08. The lowest BCUT2D eigenvalue weighted by Crippen LogP contribution is -2.39. The molecule has 1 atom stereocenters. The molecular formula is C20H23N3O2. The molecule has 1 fully saturated rings. The van der Waals surface area contributed by atoms with Crippen molar-refractivity contribution >= 4 is 23.3 Å². The van der Waals surface area contributed by atoms with Gasteiger partial charge in [0.25, 0.3) is 0 Å². The molecule has 0 aliphatic carbocycles. The zero-order valence-electron chi connectivity index (χ0n) is 14.8. The third-order valence-electron chi connectivity index (χ3n) is 4.57. The lowest BCUT2D eigenvalue weighted by atomic mass is 10.1. The number of urea groups is 1. The number of aryl methyl sites for hydroxylation is 3. The van der Waals surface area contributed by atoms with E-state index in [4.69, 9.17) is 0 Å². The molecular weight excluding hydrogens is 314 g/mol. The van der Waals surface area contributed by atoms with E-state index in [2.05, 4.69) is 10.6 Å². The number of benzene rings is 2. The second kappa shape index (κ2) is 6.97. The van der Waals surface area contributed by atoms with Crippen LogP contribution >= 0.6 is 0 Å². The van der Waals surface area contributed by atoms with E-state index in [0.29, 0.717) is 13.0 Å². The lowest BCUT2D eigenvalue weighted by molar-refractivity contribution is -0.117. The van der Waals surface area contributed by atoms with E-state index in [1.165, 1.54) is 5.56 Å². The van der Waals surface area contributed by atoms with E-state index in [9.17, 15) is 9.59 Å². The van der Waals surface area contributed by atoms with Gasteiger partial charge in [0, 0.05) is 24.3 Å². The average Bonchev–Trinajstić information content (AvgIpc) is 2.92. The second-order valence-corrected chi connectivity index (χ2v) is 6.64. The van der Waals surface area contributed by atoms with Crippen molar-refractivity contribution in [2.45, 2.75) is 33.2 Å². The van der Waals surface area contributed by atoms with Crippen LogP contribution in [0.3, 0.4) is 0 Å². The van der Waals surface area contributed by atoms with Gasteiger partial charge in [0.15, 0.2) is 0 Å². The van der Waals surface area contributed by atoms with Crippen molar-refractivity contribution in [2.75, 3.05) is 16.8 Å². The first-order valence-electron chi connectivity index (χ1n) is 8.44. The summed E-state index contributed by atoms with van der Waals surface area (Å²) in [6.07, 6.45) is 0.314. The first-order valence-corrected chi connectivity index (χ1v) is 8.44. The molecule has 1 aliphatic rings. The maximum Gasteiger partial charge on any atom is 0.319 e. The first kappa shape index (κ1) is 17.0. The van der Waals surface area contributed by atoms with E-state index in [-0.39, 0.29) is 18.0 Å². The lowest BCUT2D eigenvalue weighted by Gasteiger charge is -2.17. The number of carbonyl (C=O) groups excluding carboxylic acids is 2. The summed E-state index contributed by atoms with van der Waals surface area (Å²) in [5.74, 6) is 0.0281. The van der Waals surface area contributed by atoms with Gasteiger partial charge in [-0.3, -0.25) is 4.79 Å². The molecule has 0 spiro atoms. The molecule has 0 unspecified atom stereocenters. The van der Waals surface area contributed by atoms with Crippen LogP contribution in [0.2, 0.25) is 0 Å². The molecule has 1 saturated heterocycles. The van der Waals surface area contributed by atoms with Crippen molar-refractivity contribution in [3.05, 3.63) is 59.2 Å². The third-order valence-corrected chi connectivity index (χ3v) is 4.57. The zero-order chi connectivity index (χ0) is 18.0. The van der Waals surface area contributed by atoms with Crippen molar-refractivity contribution in [3.63, 3.8) is 0 Å². The number of anilines is 2. The van der Waals surface area contributed by atoms with E-state index < -0.39 is 0 Å². The van der Waals surface area contributed by atoms with Crippen molar-refractivity contribution in [2.24, 2.45) is 0 Å². The average molecular weight is 337 g/mol. The highest BCUT2D eigenvalue weighted by molar-refractivity contribution is 5.97. The molecule has 1 heterocycles. The molecule has 25 heavy (non-hydrogen) atoms. The fourth-order valence-electron chi connectivity index (χ4n) is 2.95. The highest BCUT2D eigenvalue weighted by Gasteiger charge is 2.31. The number of carbonyl (C=O) groups is 2. The highest BCUT2D eigenvalue weighted by atomic mass is 16.2. The van der Waals surface area contributed by atoms with Crippen molar-refractivity contribution < 1.29 is 9.59 Å². The Balaban J connectivity index is 1.60. The molecule has 0 saturated carbocycles. The Hall–Kier alpha value is -2.82. The van der Waals surface area contributed by atoms with Gasteiger partial charge in [-0.2, -0.15) is 0 Å². The molecule has 0 bridgehead atoms. The molecule has 5 nitrogen and oxygen atoms in total. The van der Waals surface area contributed by atoms with Crippen LogP contribution in [0, 0.1) is 20.8 Å². The molecule has 2 aromatic carbocycles. The first-order chi connectivity index (χ1) is 11.9. The van der Waals surface area contributed by atoms with Gasteiger partial charge in [-0.15, -0.1) is 0 Å². The third kappa shape index (κ3) is 3.99. The van der Waals surface area contributed by atoms with Crippen LogP contribution in [0.15, 0.2) is 42.5 Å². The minimum Gasteiger partial charge on any atom is -0.333 e. The van der Waals surface area contributed by atoms with Crippen LogP contribution in [-0.2, 0) is 4.79 Å². The van der Waals surface area contributed by atoms with Crippen LogP contribution in [0.4, 0.5) is 16.2 Å². The zero-order valence-corrected chi connectivity index (χ0v) is 14.8. The van der Waals surface area contributed by atoms with Gasteiger partial charge >= 0.3 is 6.03 Å². The fourth-order valence-corrected chi connectivity index (χ4v) is 2.95. The molecule has 2 aromatic rings. The minimum absolute atomic E-state index is 0.0281. The Kier molecular flexibility index (Phi) is 4.74. The van der Waals surface area contributed by atoms with E-state index in [1.807, 2.05) is 63.2 Å². The smallest absolute Gasteiger partial charge is 0.319 e. The van der Waals surface area contributed by atoms with Gasteiger partial charge < -0.3 is 15.5 Å². The summed E-state index contributed by atoms with van der Waals surface area (Å²) in [6.45, 7) is 6.54. The monoisotopic (exact) mass is 337 g/mol. The molecule has 5 heteroatoms. The van der Waals surface area contributed by atoms with Gasteiger partial charge in [-0.1, -0.05) is 23.8 Å². The minimum atomic E-state index is -0.285. The summed E-state index contributed by atoms with van der Waals surface area (Å²) in [5, 5.41) is 5.72. The summed E-state index contributed by atoms with van der Waals surface area (Å²) in [4.78, 5) is 26.2. The Morgan fingerprint density at radius 3 is 2.44 bits per heavy atom. The summed E-state index contributed by atoms with van der Waals surface area (Å²) >= 11 is 0. The predicted molar refractivity (Wildman–Crippen MR) is 100 cm³/mol. The van der Waals surface area contributed by atoms with Crippen LogP contribution < -0.4 is 15.5 Å². The maximum absolute atomic E-state index is 12.2. The summed E-state index contributed by atoms with van der Waals surface area (Å²) < 4.78 is 0. The Morgan fingerprint density at radius 1 is 1.04 bits per heavy atom. The van der Waals surface area contributed by atoms with Crippen LogP contribution in [0.5, 0.6) is 0 Å². The predicted octanol–water partition coefficient (Wildman–Crippen LogP) is 3.54. The number of amides is 3. The van der Waals surface area contributed by atoms with Gasteiger partial charge in [-0.25, -0.2) is 4.79 Å².